The topological polar surface area (TPSA) is 58.6 Å². The van der Waals surface area contributed by atoms with Crippen molar-refractivity contribution in [2.45, 2.75) is 26.2 Å². The molecule has 0 radical (unpaired) electrons. The molecule has 1 heterocycles. The molecule has 0 atom stereocenters. The van der Waals surface area contributed by atoms with E-state index in [0.29, 0.717) is 17.0 Å². The minimum Gasteiger partial charge on any atom is -0.484 e. The molecule has 0 aromatic heterocycles. The summed E-state index contributed by atoms with van der Waals surface area (Å²) < 4.78 is 5.53. The van der Waals surface area contributed by atoms with Crippen molar-refractivity contribution < 1.29 is 14.3 Å². The third-order valence-corrected chi connectivity index (χ3v) is 4.53. The lowest BCUT2D eigenvalue weighted by molar-refractivity contribution is -0.118. The molecule has 0 spiro atoms. The number of likely N-dealkylation sites (tertiary alicyclic amines) is 1. The Morgan fingerprint density at radius 3 is 2.42 bits per heavy atom. The highest BCUT2D eigenvalue weighted by atomic mass is 16.5. The number of benzene rings is 2. The van der Waals surface area contributed by atoms with Gasteiger partial charge in [0, 0.05) is 13.1 Å². The first-order valence-corrected chi connectivity index (χ1v) is 9.07. The van der Waals surface area contributed by atoms with Crippen LogP contribution >= 0.6 is 0 Å². The summed E-state index contributed by atoms with van der Waals surface area (Å²) in [5.41, 5.74) is 2.27. The first-order chi connectivity index (χ1) is 12.7. The second-order valence-corrected chi connectivity index (χ2v) is 6.38. The SMILES string of the molecule is CCc1ccc(OCC(=O)Nc2ccccc2C(=O)N2CCCC2)cc1. The van der Waals surface area contributed by atoms with Gasteiger partial charge in [0.1, 0.15) is 5.75 Å². The first kappa shape index (κ1) is 18.0. The van der Waals surface area contributed by atoms with Crippen LogP contribution in [0.4, 0.5) is 5.69 Å². The molecule has 1 aliphatic rings. The van der Waals surface area contributed by atoms with Gasteiger partial charge in [0.15, 0.2) is 6.61 Å². The minimum absolute atomic E-state index is 0.0329. The van der Waals surface area contributed by atoms with Crippen molar-refractivity contribution in [3.05, 3.63) is 59.7 Å². The van der Waals surface area contributed by atoms with Crippen molar-refractivity contribution >= 4 is 17.5 Å². The molecule has 1 saturated heterocycles. The highest BCUT2D eigenvalue weighted by Gasteiger charge is 2.22. The number of anilines is 1. The quantitative estimate of drug-likeness (QED) is 0.866. The largest absolute Gasteiger partial charge is 0.484 e. The van der Waals surface area contributed by atoms with Crippen LogP contribution in [0.25, 0.3) is 0 Å². The van der Waals surface area contributed by atoms with Crippen molar-refractivity contribution in [3.8, 4) is 5.75 Å². The molecule has 136 valence electrons. The second-order valence-electron chi connectivity index (χ2n) is 6.38. The molecule has 1 aliphatic heterocycles. The smallest absolute Gasteiger partial charge is 0.262 e. The Morgan fingerprint density at radius 2 is 1.73 bits per heavy atom. The molecule has 2 amide bonds. The second kappa shape index (κ2) is 8.52. The molecular formula is C21H24N2O3. The van der Waals surface area contributed by atoms with E-state index < -0.39 is 0 Å². The highest BCUT2D eigenvalue weighted by Crippen LogP contribution is 2.20. The van der Waals surface area contributed by atoms with Crippen molar-refractivity contribution in [3.63, 3.8) is 0 Å². The fourth-order valence-electron chi connectivity index (χ4n) is 3.03. The van der Waals surface area contributed by atoms with Crippen LogP contribution < -0.4 is 10.1 Å². The van der Waals surface area contributed by atoms with Crippen LogP contribution in [0.5, 0.6) is 5.75 Å². The molecule has 1 fully saturated rings. The zero-order chi connectivity index (χ0) is 18.4. The van der Waals surface area contributed by atoms with Crippen molar-refractivity contribution in [2.75, 3.05) is 25.0 Å². The monoisotopic (exact) mass is 352 g/mol. The van der Waals surface area contributed by atoms with Gasteiger partial charge in [0.25, 0.3) is 11.8 Å². The Bertz CT molecular complexity index is 765. The number of carbonyl (C=O) groups excluding carboxylic acids is 2. The normalized spacial score (nSPS) is 13.5. The van der Waals surface area contributed by atoms with Gasteiger partial charge in [-0.3, -0.25) is 9.59 Å². The summed E-state index contributed by atoms with van der Waals surface area (Å²) in [6.45, 7) is 3.54. The number of para-hydroxylation sites is 1. The Labute approximate surface area is 154 Å². The van der Waals surface area contributed by atoms with Crippen molar-refractivity contribution in [1.82, 2.24) is 4.90 Å². The zero-order valence-electron chi connectivity index (χ0n) is 15.0. The van der Waals surface area contributed by atoms with Crippen LogP contribution in [0.2, 0.25) is 0 Å². The van der Waals surface area contributed by atoms with Gasteiger partial charge in [-0.1, -0.05) is 31.2 Å². The Kier molecular flexibility index (Phi) is 5.89. The van der Waals surface area contributed by atoms with Gasteiger partial charge in [-0.2, -0.15) is 0 Å². The van der Waals surface area contributed by atoms with Crippen LogP contribution in [0.1, 0.15) is 35.7 Å². The molecule has 5 heteroatoms. The van der Waals surface area contributed by atoms with Crippen LogP contribution in [-0.4, -0.2) is 36.4 Å². The predicted octanol–water partition coefficient (Wildman–Crippen LogP) is 3.50. The molecule has 26 heavy (non-hydrogen) atoms. The molecule has 5 nitrogen and oxygen atoms in total. The lowest BCUT2D eigenvalue weighted by atomic mass is 10.1. The van der Waals surface area contributed by atoms with Crippen molar-refractivity contribution in [1.29, 1.82) is 0 Å². The maximum Gasteiger partial charge on any atom is 0.262 e. The average molecular weight is 352 g/mol. The number of rotatable bonds is 6. The number of ether oxygens (including phenoxy) is 1. The van der Waals surface area contributed by atoms with Gasteiger partial charge in [0.05, 0.1) is 11.3 Å². The maximum atomic E-state index is 12.6. The van der Waals surface area contributed by atoms with E-state index in [1.807, 2.05) is 35.2 Å². The van der Waals surface area contributed by atoms with Gasteiger partial charge in [-0.25, -0.2) is 0 Å². The molecular weight excluding hydrogens is 328 g/mol. The van der Waals surface area contributed by atoms with Crippen LogP contribution in [0.3, 0.4) is 0 Å². The van der Waals surface area contributed by atoms with E-state index in [9.17, 15) is 9.59 Å². The van der Waals surface area contributed by atoms with Crippen molar-refractivity contribution in [2.24, 2.45) is 0 Å². The van der Waals surface area contributed by atoms with Gasteiger partial charge in [-0.05, 0) is 49.1 Å². The highest BCUT2D eigenvalue weighted by molar-refractivity contribution is 6.04. The van der Waals surface area contributed by atoms with E-state index in [2.05, 4.69) is 12.2 Å². The molecule has 1 N–H and O–H groups in total. The number of hydrogen-bond donors (Lipinski definition) is 1. The number of nitrogens with zero attached hydrogens (tertiary/aromatic N) is 1. The third-order valence-electron chi connectivity index (χ3n) is 4.53. The minimum atomic E-state index is -0.286. The summed E-state index contributed by atoms with van der Waals surface area (Å²) in [6, 6.07) is 14.8. The molecule has 0 bridgehead atoms. The summed E-state index contributed by atoms with van der Waals surface area (Å²) in [5, 5.41) is 2.80. The van der Waals surface area contributed by atoms with E-state index in [1.165, 1.54) is 5.56 Å². The number of amides is 2. The fourth-order valence-corrected chi connectivity index (χ4v) is 3.03. The molecule has 2 aromatic rings. The summed E-state index contributed by atoms with van der Waals surface area (Å²) in [7, 11) is 0. The van der Waals surface area contributed by atoms with E-state index in [-0.39, 0.29) is 18.4 Å². The zero-order valence-corrected chi connectivity index (χ0v) is 15.0. The maximum absolute atomic E-state index is 12.6. The fraction of sp³-hybridized carbons (Fsp3) is 0.333. The predicted molar refractivity (Wildman–Crippen MR) is 102 cm³/mol. The Balaban J connectivity index is 1.61. The van der Waals surface area contributed by atoms with Gasteiger partial charge in [-0.15, -0.1) is 0 Å². The number of nitrogens with one attached hydrogen (secondary N) is 1. The van der Waals surface area contributed by atoms with Gasteiger partial charge < -0.3 is 15.0 Å². The van der Waals surface area contributed by atoms with Crippen LogP contribution in [-0.2, 0) is 11.2 Å². The summed E-state index contributed by atoms with van der Waals surface area (Å²) in [5.74, 6) is 0.333. The van der Waals surface area contributed by atoms with E-state index >= 15 is 0 Å². The number of carbonyl (C=O) groups is 2. The summed E-state index contributed by atoms with van der Waals surface area (Å²) >= 11 is 0. The van der Waals surface area contributed by atoms with E-state index in [0.717, 1.165) is 32.4 Å². The lowest BCUT2D eigenvalue weighted by Crippen LogP contribution is -2.29. The molecule has 0 unspecified atom stereocenters. The summed E-state index contributed by atoms with van der Waals surface area (Å²) in [4.78, 5) is 26.7. The van der Waals surface area contributed by atoms with E-state index in [1.54, 1.807) is 18.2 Å². The number of aryl methyl sites for hydroxylation is 1. The Hall–Kier alpha value is -2.82. The Morgan fingerprint density at radius 1 is 1.04 bits per heavy atom. The molecule has 2 aromatic carbocycles. The van der Waals surface area contributed by atoms with Gasteiger partial charge >= 0.3 is 0 Å². The molecule has 0 aliphatic carbocycles. The molecule has 0 saturated carbocycles. The third kappa shape index (κ3) is 4.42. The lowest BCUT2D eigenvalue weighted by Gasteiger charge is -2.18. The van der Waals surface area contributed by atoms with E-state index in [4.69, 9.17) is 4.74 Å². The van der Waals surface area contributed by atoms with Crippen LogP contribution in [0.15, 0.2) is 48.5 Å². The summed E-state index contributed by atoms with van der Waals surface area (Å²) in [6.07, 6.45) is 3.03. The number of hydrogen-bond acceptors (Lipinski definition) is 3. The van der Waals surface area contributed by atoms with Gasteiger partial charge in [0.2, 0.25) is 0 Å². The first-order valence-electron chi connectivity index (χ1n) is 9.07. The van der Waals surface area contributed by atoms with Crippen LogP contribution in [0, 0.1) is 0 Å². The standard InChI is InChI=1S/C21H24N2O3/c1-2-16-9-11-17(12-10-16)26-15-20(24)22-19-8-4-3-7-18(19)21(25)23-13-5-6-14-23/h3-4,7-12H,2,5-6,13-15H2,1H3,(H,22,24). The molecule has 3 rings (SSSR count). The average Bonchev–Trinajstić information content (AvgIpc) is 3.21.